The second kappa shape index (κ2) is 7.92. The van der Waals surface area contributed by atoms with E-state index in [2.05, 4.69) is 10.3 Å². The first-order valence-electron chi connectivity index (χ1n) is 8.55. The molecule has 0 saturated heterocycles. The van der Waals surface area contributed by atoms with Crippen molar-refractivity contribution in [3.63, 3.8) is 0 Å². The minimum Gasteiger partial charge on any atom is -0.508 e. The molecule has 2 atom stereocenters. The third-order valence-electron chi connectivity index (χ3n) is 4.44. The quantitative estimate of drug-likeness (QED) is 0.433. The summed E-state index contributed by atoms with van der Waals surface area (Å²) in [6, 6.07) is 11.9. The number of aromatic hydroxyl groups is 1. The third-order valence-corrected chi connectivity index (χ3v) is 4.44. The molecule has 0 aliphatic carbocycles. The largest absolute Gasteiger partial charge is 0.508 e. The Morgan fingerprint density at radius 1 is 1.07 bits per heavy atom. The van der Waals surface area contributed by atoms with Gasteiger partial charge in [0.25, 0.3) is 0 Å². The number of carboxylic acids is 1. The van der Waals surface area contributed by atoms with Crippen LogP contribution in [-0.4, -0.2) is 39.2 Å². The molecule has 3 rings (SSSR count). The lowest BCUT2D eigenvalue weighted by atomic mass is 10.0. The van der Waals surface area contributed by atoms with Crippen LogP contribution < -0.4 is 11.1 Å². The number of carboxylic acid groups (broad SMARTS) is 1. The highest BCUT2D eigenvalue weighted by atomic mass is 16.4. The van der Waals surface area contributed by atoms with E-state index in [9.17, 15) is 19.8 Å². The van der Waals surface area contributed by atoms with E-state index < -0.39 is 24.0 Å². The number of rotatable bonds is 7. The molecule has 7 heteroatoms. The van der Waals surface area contributed by atoms with Crippen molar-refractivity contribution in [3.05, 3.63) is 65.9 Å². The van der Waals surface area contributed by atoms with Crippen molar-refractivity contribution >= 4 is 22.8 Å². The van der Waals surface area contributed by atoms with Gasteiger partial charge in [0.1, 0.15) is 11.8 Å². The number of phenolic OH excluding ortho intramolecular Hbond substituents is 1. The maximum absolute atomic E-state index is 12.4. The lowest BCUT2D eigenvalue weighted by Gasteiger charge is -2.18. The summed E-state index contributed by atoms with van der Waals surface area (Å²) in [6.45, 7) is 0. The van der Waals surface area contributed by atoms with Crippen molar-refractivity contribution in [2.24, 2.45) is 5.73 Å². The SMILES string of the molecule is N[C@@H](Cc1c[nH]c2ccccc12)C(=O)N[C@H](Cc1ccc(O)cc1)C(=O)O. The van der Waals surface area contributed by atoms with E-state index in [1.165, 1.54) is 12.1 Å². The Balaban J connectivity index is 1.66. The Morgan fingerprint density at radius 3 is 2.48 bits per heavy atom. The first-order chi connectivity index (χ1) is 12.9. The van der Waals surface area contributed by atoms with Crippen LogP contribution >= 0.6 is 0 Å². The number of H-pyrrole nitrogens is 1. The minimum atomic E-state index is -1.14. The number of amides is 1. The number of fused-ring (bicyclic) bond motifs is 1. The van der Waals surface area contributed by atoms with Crippen LogP contribution in [0.15, 0.2) is 54.7 Å². The number of nitrogens with two attached hydrogens (primary N) is 1. The predicted molar refractivity (Wildman–Crippen MR) is 101 cm³/mol. The zero-order valence-electron chi connectivity index (χ0n) is 14.6. The molecule has 0 radical (unpaired) electrons. The number of hydrogen-bond donors (Lipinski definition) is 5. The van der Waals surface area contributed by atoms with Gasteiger partial charge in [-0.15, -0.1) is 0 Å². The van der Waals surface area contributed by atoms with Crippen LogP contribution in [0.25, 0.3) is 10.9 Å². The molecule has 2 aromatic carbocycles. The molecule has 0 spiro atoms. The molecule has 1 heterocycles. The molecule has 1 aromatic heterocycles. The Bertz CT molecular complexity index is 949. The summed E-state index contributed by atoms with van der Waals surface area (Å²) < 4.78 is 0. The third kappa shape index (κ3) is 4.45. The molecule has 3 aromatic rings. The fourth-order valence-electron chi connectivity index (χ4n) is 2.98. The van der Waals surface area contributed by atoms with Crippen LogP contribution in [0.3, 0.4) is 0 Å². The van der Waals surface area contributed by atoms with Gasteiger partial charge in [0.15, 0.2) is 0 Å². The van der Waals surface area contributed by atoms with Crippen molar-refractivity contribution < 1.29 is 19.8 Å². The number of carbonyl (C=O) groups excluding carboxylic acids is 1. The van der Waals surface area contributed by atoms with E-state index >= 15 is 0 Å². The topological polar surface area (TPSA) is 128 Å². The number of aromatic nitrogens is 1. The number of nitrogens with one attached hydrogen (secondary N) is 2. The predicted octanol–water partition coefficient (Wildman–Crippen LogP) is 1.56. The molecule has 1 amide bonds. The van der Waals surface area contributed by atoms with Gasteiger partial charge in [-0.1, -0.05) is 30.3 Å². The smallest absolute Gasteiger partial charge is 0.326 e. The van der Waals surface area contributed by atoms with E-state index in [-0.39, 0.29) is 12.2 Å². The van der Waals surface area contributed by atoms with Crippen LogP contribution in [0, 0.1) is 0 Å². The number of para-hydroxylation sites is 1. The number of benzene rings is 2. The van der Waals surface area contributed by atoms with E-state index in [1.807, 2.05) is 30.5 Å². The fraction of sp³-hybridized carbons (Fsp3) is 0.200. The summed E-state index contributed by atoms with van der Waals surface area (Å²) in [7, 11) is 0. The average Bonchev–Trinajstić information content (AvgIpc) is 3.05. The number of phenols is 1. The van der Waals surface area contributed by atoms with E-state index in [0.29, 0.717) is 12.0 Å². The summed E-state index contributed by atoms with van der Waals surface area (Å²) in [6.07, 6.45) is 2.20. The highest BCUT2D eigenvalue weighted by Gasteiger charge is 2.24. The van der Waals surface area contributed by atoms with Gasteiger partial charge >= 0.3 is 5.97 Å². The molecule has 27 heavy (non-hydrogen) atoms. The Kier molecular flexibility index (Phi) is 5.42. The van der Waals surface area contributed by atoms with Crippen LogP contribution in [-0.2, 0) is 22.4 Å². The lowest BCUT2D eigenvalue weighted by Crippen LogP contribution is -2.50. The van der Waals surface area contributed by atoms with Crippen molar-refractivity contribution in [1.82, 2.24) is 10.3 Å². The lowest BCUT2D eigenvalue weighted by molar-refractivity contribution is -0.141. The highest BCUT2D eigenvalue weighted by molar-refractivity contribution is 5.88. The van der Waals surface area contributed by atoms with Crippen molar-refractivity contribution in [1.29, 1.82) is 0 Å². The monoisotopic (exact) mass is 367 g/mol. The van der Waals surface area contributed by atoms with Crippen molar-refractivity contribution in [2.75, 3.05) is 0 Å². The average molecular weight is 367 g/mol. The van der Waals surface area contributed by atoms with E-state index in [1.54, 1.807) is 12.1 Å². The van der Waals surface area contributed by atoms with Crippen molar-refractivity contribution in [2.45, 2.75) is 24.9 Å². The molecule has 0 aliphatic rings. The molecular formula is C20H21N3O4. The first-order valence-corrected chi connectivity index (χ1v) is 8.55. The number of aromatic amines is 1. The fourth-order valence-corrected chi connectivity index (χ4v) is 2.98. The van der Waals surface area contributed by atoms with Crippen LogP contribution in [0.5, 0.6) is 5.75 Å². The molecule has 0 fully saturated rings. The zero-order valence-corrected chi connectivity index (χ0v) is 14.6. The molecule has 0 unspecified atom stereocenters. The summed E-state index contributed by atoms with van der Waals surface area (Å²) in [4.78, 5) is 27.1. The minimum absolute atomic E-state index is 0.0930. The number of carbonyl (C=O) groups is 2. The van der Waals surface area contributed by atoms with Gasteiger partial charge in [-0.2, -0.15) is 0 Å². The Labute approximate surface area is 155 Å². The molecule has 0 saturated carbocycles. The summed E-state index contributed by atoms with van der Waals surface area (Å²) in [5, 5.41) is 22.2. The van der Waals surface area contributed by atoms with Gasteiger partial charge in [-0.3, -0.25) is 4.79 Å². The highest BCUT2D eigenvalue weighted by Crippen LogP contribution is 2.19. The van der Waals surface area contributed by atoms with Gasteiger partial charge in [-0.05, 0) is 35.7 Å². The molecule has 0 bridgehead atoms. The summed E-state index contributed by atoms with van der Waals surface area (Å²) in [5.74, 6) is -1.57. The van der Waals surface area contributed by atoms with Gasteiger partial charge < -0.3 is 26.2 Å². The second-order valence-corrected chi connectivity index (χ2v) is 6.44. The maximum Gasteiger partial charge on any atom is 0.326 e. The molecular weight excluding hydrogens is 346 g/mol. The van der Waals surface area contributed by atoms with Crippen LogP contribution in [0.4, 0.5) is 0 Å². The number of hydrogen-bond acceptors (Lipinski definition) is 4. The first kappa shape index (κ1) is 18.5. The second-order valence-electron chi connectivity index (χ2n) is 6.44. The van der Waals surface area contributed by atoms with Crippen LogP contribution in [0.2, 0.25) is 0 Å². The number of aliphatic carboxylic acids is 1. The van der Waals surface area contributed by atoms with Gasteiger partial charge in [0, 0.05) is 23.5 Å². The van der Waals surface area contributed by atoms with Gasteiger partial charge in [-0.25, -0.2) is 4.79 Å². The van der Waals surface area contributed by atoms with Gasteiger partial charge in [0.05, 0.1) is 6.04 Å². The van der Waals surface area contributed by atoms with Crippen LogP contribution in [0.1, 0.15) is 11.1 Å². The van der Waals surface area contributed by atoms with Crippen molar-refractivity contribution in [3.8, 4) is 5.75 Å². The Morgan fingerprint density at radius 2 is 1.78 bits per heavy atom. The maximum atomic E-state index is 12.4. The molecule has 7 nitrogen and oxygen atoms in total. The Hall–Kier alpha value is -3.32. The van der Waals surface area contributed by atoms with Gasteiger partial charge in [0.2, 0.25) is 5.91 Å². The molecule has 0 aliphatic heterocycles. The zero-order chi connectivity index (χ0) is 19.4. The standard InChI is InChI=1S/C20H21N3O4/c21-16(10-13-11-22-17-4-2-1-3-15(13)17)19(25)23-18(20(26)27)9-12-5-7-14(24)8-6-12/h1-8,11,16,18,22,24H,9-10,21H2,(H,23,25)(H,26,27)/t16-,18+/m0/s1. The normalized spacial score (nSPS) is 13.2. The molecule has 6 N–H and O–H groups in total. The molecule has 140 valence electrons. The van der Waals surface area contributed by atoms with E-state index in [4.69, 9.17) is 5.73 Å². The van der Waals surface area contributed by atoms with E-state index in [0.717, 1.165) is 16.5 Å². The summed E-state index contributed by atoms with van der Waals surface area (Å²) in [5.41, 5.74) is 8.55. The summed E-state index contributed by atoms with van der Waals surface area (Å²) >= 11 is 0.